The van der Waals surface area contributed by atoms with Gasteiger partial charge in [-0.25, -0.2) is 18.2 Å². The van der Waals surface area contributed by atoms with Gasteiger partial charge in [-0.3, -0.25) is 9.59 Å². The van der Waals surface area contributed by atoms with E-state index in [9.17, 15) is 22.8 Å². The van der Waals surface area contributed by atoms with Gasteiger partial charge in [-0.05, 0) is 44.6 Å². The fourth-order valence-corrected chi connectivity index (χ4v) is 3.30. The molecule has 0 saturated carbocycles. The van der Waals surface area contributed by atoms with Crippen LogP contribution < -0.4 is 5.32 Å². The lowest BCUT2D eigenvalue weighted by Crippen LogP contribution is -2.36. The van der Waals surface area contributed by atoms with Gasteiger partial charge in [-0.15, -0.1) is 0 Å². The van der Waals surface area contributed by atoms with Gasteiger partial charge in [-0.2, -0.15) is 0 Å². The number of likely N-dealkylation sites (tertiary alicyclic amines) is 1. The highest BCUT2D eigenvalue weighted by atomic mass is 19.1. The summed E-state index contributed by atoms with van der Waals surface area (Å²) in [5.74, 6) is -5.13. The number of amides is 1. The molecule has 182 valence electrons. The van der Waals surface area contributed by atoms with Crippen molar-refractivity contribution in [2.24, 2.45) is 5.92 Å². The van der Waals surface area contributed by atoms with Gasteiger partial charge < -0.3 is 10.2 Å². The summed E-state index contributed by atoms with van der Waals surface area (Å²) in [6.07, 6.45) is 2.72. The van der Waals surface area contributed by atoms with E-state index in [-0.39, 0.29) is 23.2 Å². The predicted octanol–water partition coefficient (Wildman–Crippen LogP) is 6.11. The number of benzene rings is 1. The van der Waals surface area contributed by atoms with Crippen LogP contribution in [0.25, 0.3) is 0 Å². The third kappa shape index (κ3) is 8.28. The molecule has 8 heteroatoms. The first-order valence-corrected chi connectivity index (χ1v) is 11.5. The Morgan fingerprint density at radius 3 is 2.09 bits per heavy atom. The van der Waals surface area contributed by atoms with Crippen LogP contribution >= 0.6 is 0 Å². The number of rotatable bonds is 5. The van der Waals surface area contributed by atoms with Crippen molar-refractivity contribution in [2.45, 2.75) is 53.9 Å². The quantitative estimate of drug-likeness (QED) is 0.542. The molecule has 2 heterocycles. The molecular formula is C25H34F3N3O2. The number of nitrogens with one attached hydrogen (secondary N) is 1. The van der Waals surface area contributed by atoms with E-state index < -0.39 is 28.9 Å². The number of hydrogen-bond donors (Lipinski definition) is 1. The van der Waals surface area contributed by atoms with Crippen LogP contribution in [0.1, 0.15) is 74.7 Å². The number of pyridine rings is 1. The largest absolute Gasteiger partial charge is 0.306 e. The first-order valence-electron chi connectivity index (χ1n) is 11.5. The molecule has 0 atom stereocenters. The van der Waals surface area contributed by atoms with Crippen molar-refractivity contribution in [3.8, 4) is 0 Å². The summed E-state index contributed by atoms with van der Waals surface area (Å²) in [7, 11) is 0. The second-order valence-electron chi connectivity index (χ2n) is 7.39. The van der Waals surface area contributed by atoms with E-state index in [1.165, 1.54) is 18.6 Å². The normalized spacial score (nSPS) is 13.8. The molecule has 0 bridgehead atoms. The number of piperidine rings is 1. The monoisotopic (exact) mass is 465 g/mol. The molecule has 1 aromatic heterocycles. The van der Waals surface area contributed by atoms with Gasteiger partial charge in [0, 0.05) is 18.1 Å². The van der Waals surface area contributed by atoms with Crippen molar-refractivity contribution in [1.29, 1.82) is 0 Å². The number of nitrogens with zero attached hydrogens (tertiary/aromatic N) is 2. The summed E-state index contributed by atoms with van der Waals surface area (Å²) in [4.78, 5) is 31.2. The van der Waals surface area contributed by atoms with Crippen LogP contribution in [0.15, 0.2) is 30.3 Å². The Morgan fingerprint density at radius 2 is 1.58 bits per heavy atom. The average molecular weight is 466 g/mol. The van der Waals surface area contributed by atoms with Crippen molar-refractivity contribution in [2.75, 3.05) is 25.0 Å². The van der Waals surface area contributed by atoms with E-state index >= 15 is 0 Å². The zero-order valence-electron chi connectivity index (χ0n) is 20.1. The molecule has 1 saturated heterocycles. The van der Waals surface area contributed by atoms with Crippen molar-refractivity contribution >= 4 is 17.5 Å². The number of carbonyl (C=O) groups is 2. The Balaban J connectivity index is 0.00000101. The number of hydrogen-bond acceptors (Lipinski definition) is 4. The predicted molar refractivity (Wildman–Crippen MR) is 125 cm³/mol. The van der Waals surface area contributed by atoms with Crippen LogP contribution in [0.3, 0.4) is 0 Å². The number of aromatic nitrogens is 1. The molecule has 0 aliphatic carbocycles. The Kier molecular flexibility index (Phi) is 12.4. The summed E-state index contributed by atoms with van der Waals surface area (Å²) in [5, 5.41) is 2.26. The van der Waals surface area contributed by atoms with Gasteiger partial charge in [0.05, 0.1) is 0 Å². The maximum absolute atomic E-state index is 13.8. The molecule has 5 nitrogen and oxygen atoms in total. The second kappa shape index (κ2) is 14.4. The Hall–Kier alpha value is -2.74. The number of Topliss-reactive ketones (excluding diaryl/α,β-unsaturated/α-hetero) is 1. The van der Waals surface area contributed by atoms with Gasteiger partial charge in [0.15, 0.2) is 5.78 Å². The average Bonchev–Trinajstić information content (AvgIpc) is 2.80. The molecule has 1 fully saturated rings. The molecule has 0 spiro atoms. The molecule has 1 N–H and O–H groups in total. The Morgan fingerprint density at radius 1 is 1.03 bits per heavy atom. The van der Waals surface area contributed by atoms with Crippen LogP contribution in [0.5, 0.6) is 0 Å². The van der Waals surface area contributed by atoms with Crippen molar-refractivity contribution < 1.29 is 22.8 Å². The standard InChI is InChI=1S/C20H20F3N3O2.C3H8.C2H6/c1-2-26-8-6-12(7-9-26)19(27)16-4-3-5-17(24-16)25-20(28)18-14(22)10-13(21)11-15(18)23;1-3-2;1-2/h3-5,10-12H,2,6-9H2,1H3,(H,24,25,28);3H2,1-2H3;1-2H3. The Bertz CT molecular complexity index is 891. The maximum Gasteiger partial charge on any atom is 0.262 e. The van der Waals surface area contributed by atoms with Crippen molar-refractivity contribution in [3.05, 3.63) is 59.0 Å². The van der Waals surface area contributed by atoms with Gasteiger partial charge >= 0.3 is 0 Å². The number of halogens is 3. The van der Waals surface area contributed by atoms with Crippen LogP contribution in [-0.4, -0.2) is 41.2 Å². The van der Waals surface area contributed by atoms with Crippen molar-refractivity contribution in [3.63, 3.8) is 0 Å². The van der Waals surface area contributed by atoms with E-state index in [0.29, 0.717) is 12.1 Å². The molecule has 1 amide bonds. The lowest BCUT2D eigenvalue weighted by atomic mass is 9.91. The van der Waals surface area contributed by atoms with Crippen LogP contribution in [-0.2, 0) is 0 Å². The highest BCUT2D eigenvalue weighted by Crippen LogP contribution is 2.22. The second-order valence-corrected chi connectivity index (χ2v) is 7.39. The number of ketones is 1. The molecule has 33 heavy (non-hydrogen) atoms. The topological polar surface area (TPSA) is 62.3 Å². The van der Waals surface area contributed by atoms with E-state index in [0.717, 1.165) is 32.5 Å². The third-order valence-corrected chi connectivity index (χ3v) is 4.88. The molecule has 1 aliphatic rings. The minimum Gasteiger partial charge on any atom is -0.306 e. The molecule has 0 unspecified atom stereocenters. The first kappa shape index (κ1) is 28.3. The third-order valence-electron chi connectivity index (χ3n) is 4.88. The lowest BCUT2D eigenvalue weighted by molar-refractivity contribution is 0.0838. The minimum absolute atomic E-state index is 0.00929. The van der Waals surface area contributed by atoms with Gasteiger partial charge in [0.2, 0.25) is 0 Å². The highest BCUT2D eigenvalue weighted by molar-refractivity contribution is 6.04. The maximum atomic E-state index is 13.8. The van der Waals surface area contributed by atoms with Gasteiger partial charge in [0.25, 0.3) is 5.91 Å². The van der Waals surface area contributed by atoms with Gasteiger partial charge in [-0.1, -0.05) is 47.1 Å². The molecule has 1 aromatic carbocycles. The fraction of sp³-hybridized carbons (Fsp3) is 0.480. The minimum atomic E-state index is -1.31. The Labute approximate surface area is 194 Å². The summed E-state index contributed by atoms with van der Waals surface area (Å²) in [6, 6.07) is 5.34. The van der Waals surface area contributed by atoms with Crippen LogP contribution in [0.4, 0.5) is 19.0 Å². The van der Waals surface area contributed by atoms with E-state index in [4.69, 9.17) is 0 Å². The summed E-state index contributed by atoms with van der Waals surface area (Å²) >= 11 is 0. The number of anilines is 1. The van der Waals surface area contributed by atoms with E-state index in [1.54, 1.807) is 6.07 Å². The first-order chi connectivity index (χ1) is 15.8. The van der Waals surface area contributed by atoms with Crippen molar-refractivity contribution in [1.82, 2.24) is 9.88 Å². The summed E-state index contributed by atoms with van der Waals surface area (Å²) in [6.45, 7) is 12.9. The van der Waals surface area contributed by atoms with E-state index in [2.05, 4.69) is 36.0 Å². The molecule has 0 radical (unpaired) electrons. The summed E-state index contributed by atoms with van der Waals surface area (Å²) in [5.41, 5.74) is -0.723. The molecule has 1 aliphatic heterocycles. The van der Waals surface area contributed by atoms with Crippen LogP contribution in [0, 0.1) is 23.4 Å². The zero-order valence-corrected chi connectivity index (χ0v) is 20.1. The molecule has 3 rings (SSSR count). The van der Waals surface area contributed by atoms with Crippen LogP contribution in [0.2, 0.25) is 0 Å². The summed E-state index contributed by atoms with van der Waals surface area (Å²) < 4.78 is 40.5. The fourth-order valence-electron chi connectivity index (χ4n) is 3.30. The van der Waals surface area contributed by atoms with E-state index in [1.807, 2.05) is 13.8 Å². The highest BCUT2D eigenvalue weighted by Gasteiger charge is 2.26. The number of carbonyl (C=O) groups excluding carboxylic acids is 2. The van der Waals surface area contributed by atoms with Gasteiger partial charge in [0.1, 0.15) is 34.5 Å². The SMILES string of the molecule is CC.CCC.CCN1CCC(C(=O)c2cccc(NC(=O)c3c(F)cc(F)cc3F)n2)CC1. The molecular weight excluding hydrogens is 431 g/mol. The zero-order chi connectivity index (χ0) is 25.0. The molecule has 2 aromatic rings. The lowest BCUT2D eigenvalue weighted by Gasteiger charge is -2.30. The smallest absolute Gasteiger partial charge is 0.262 e.